The van der Waals surface area contributed by atoms with Crippen LogP contribution in [0.2, 0.25) is 0 Å². The molecular formula is C27H27F3N4O5. The number of ether oxygens (including phenoxy) is 2. The molecule has 2 atom stereocenters. The zero-order valence-electron chi connectivity index (χ0n) is 21.1. The Morgan fingerprint density at radius 3 is 2.54 bits per heavy atom. The number of amides is 3. The molecule has 3 amide bonds. The second kappa shape index (κ2) is 11.2. The molecule has 12 heteroatoms. The minimum Gasteiger partial charge on any atom is -0.481 e. The topological polar surface area (TPSA) is 124 Å². The van der Waals surface area contributed by atoms with E-state index in [-0.39, 0.29) is 18.1 Å². The second-order valence-corrected chi connectivity index (χ2v) is 9.38. The Morgan fingerprint density at radius 1 is 1.21 bits per heavy atom. The van der Waals surface area contributed by atoms with E-state index in [1.807, 2.05) is 0 Å². The molecule has 1 saturated carbocycles. The Morgan fingerprint density at radius 2 is 1.92 bits per heavy atom. The largest absolute Gasteiger partial charge is 0.573 e. The number of carbonyl (C=O) groups excluding carboxylic acids is 3. The van der Waals surface area contributed by atoms with Crippen LogP contribution in [-0.2, 0) is 19.8 Å². The summed E-state index contributed by atoms with van der Waals surface area (Å²) in [6, 6.07) is 8.55. The molecule has 4 rings (SSSR count). The van der Waals surface area contributed by atoms with Crippen LogP contribution in [0.4, 0.5) is 13.2 Å². The van der Waals surface area contributed by atoms with E-state index in [0.717, 1.165) is 0 Å². The summed E-state index contributed by atoms with van der Waals surface area (Å²) in [5.74, 6) is 4.20. The number of likely N-dealkylation sites (tertiary alicyclic amines) is 1. The molecule has 3 N–H and O–H groups in total. The highest BCUT2D eigenvalue weighted by Crippen LogP contribution is 2.50. The summed E-state index contributed by atoms with van der Waals surface area (Å²) >= 11 is 0. The highest BCUT2D eigenvalue weighted by atomic mass is 19.4. The van der Waals surface area contributed by atoms with Gasteiger partial charge in [-0.3, -0.25) is 14.4 Å². The molecule has 1 saturated heterocycles. The summed E-state index contributed by atoms with van der Waals surface area (Å²) < 4.78 is 46.5. The van der Waals surface area contributed by atoms with Gasteiger partial charge in [0.2, 0.25) is 23.6 Å². The summed E-state index contributed by atoms with van der Waals surface area (Å²) in [5.41, 5.74) is 5.40. The maximum absolute atomic E-state index is 13.6. The molecule has 1 aliphatic carbocycles. The Labute approximate surface area is 222 Å². The van der Waals surface area contributed by atoms with Crippen molar-refractivity contribution in [1.82, 2.24) is 15.2 Å². The first-order valence-electron chi connectivity index (χ1n) is 12.3. The fraction of sp³-hybridized carbons (Fsp3) is 0.407. The first-order valence-corrected chi connectivity index (χ1v) is 12.3. The van der Waals surface area contributed by atoms with Crippen molar-refractivity contribution < 1.29 is 37.0 Å². The van der Waals surface area contributed by atoms with Crippen LogP contribution in [0.3, 0.4) is 0 Å². The maximum atomic E-state index is 13.6. The van der Waals surface area contributed by atoms with Crippen molar-refractivity contribution in [2.75, 3.05) is 13.7 Å². The second-order valence-electron chi connectivity index (χ2n) is 9.38. The van der Waals surface area contributed by atoms with Gasteiger partial charge in [0.25, 0.3) is 0 Å². The van der Waals surface area contributed by atoms with Gasteiger partial charge in [0.05, 0.1) is 25.0 Å². The standard InChI is InChI=1S/C27H27F3N4O5/c1-38-23-6-2-4-18(32-23)9-10-19(16-22(31)35)33-24(36)21-5-3-15-34(21)25(37)26(13-14-26)17-7-11-20(12-8-17)39-27(28,29)30/h2,4,6-8,11-12,19,21H,3,5,13-16H2,1H3,(H2,31,35)(H,33,36)/t19-,21+/m1/s1. The molecule has 0 unspecified atom stereocenters. The third-order valence-electron chi connectivity index (χ3n) is 6.65. The Balaban J connectivity index is 1.47. The summed E-state index contributed by atoms with van der Waals surface area (Å²) in [4.78, 5) is 44.2. The molecule has 2 fully saturated rings. The van der Waals surface area contributed by atoms with E-state index in [9.17, 15) is 27.6 Å². The molecule has 1 aromatic heterocycles. The van der Waals surface area contributed by atoms with Crippen molar-refractivity contribution in [2.45, 2.75) is 56.0 Å². The van der Waals surface area contributed by atoms with Crippen LogP contribution in [0.15, 0.2) is 42.5 Å². The number of methoxy groups -OCH3 is 1. The molecule has 39 heavy (non-hydrogen) atoms. The van der Waals surface area contributed by atoms with Gasteiger partial charge in [-0.25, -0.2) is 4.98 Å². The van der Waals surface area contributed by atoms with Crippen molar-refractivity contribution in [2.24, 2.45) is 5.73 Å². The van der Waals surface area contributed by atoms with Crippen molar-refractivity contribution in [3.8, 4) is 23.5 Å². The zero-order chi connectivity index (χ0) is 28.2. The number of hydrogen-bond donors (Lipinski definition) is 2. The van der Waals surface area contributed by atoms with E-state index in [1.54, 1.807) is 18.2 Å². The molecule has 1 aliphatic heterocycles. The number of nitrogens with one attached hydrogen (secondary N) is 1. The van der Waals surface area contributed by atoms with Gasteiger partial charge in [0, 0.05) is 12.6 Å². The molecule has 2 aromatic rings. The molecular weight excluding hydrogens is 517 g/mol. The number of hydrogen-bond acceptors (Lipinski definition) is 6. The number of nitrogens with zero attached hydrogens (tertiary/aromatic N) is 2. The Bertz CT molecular complexity index is 1300. The number of aromatic nitrogens is 1. The number of pyridine rings is 1. The van der Waals surface area contributed by atoms with E-state index in [1.165, 1.54) is 36.3 Å². The number of alkyl halides is 3. The fourth-order valence-electron chi connectivity index (χ4n) is 4.65. The monoisotopic (exact) mass is 544 g/mol. The Kier molecular flexibility index (Phi) is 7.99. The van der Waals surface area contributed by atoms with E-state index in [2.05, 4.69) is 26.9 Å². The lowest BCUT2D eigenvalue weighted by Gasteiger charge is -2.29. The lowest BCUT2D eigenvalue weighted by atomic mass is 9.93. The van der Waals surface area contributed by atoms with Crippen LogP contribution in [0.25, 0.3) is 0 Å². The number of halogens is 3. The van der Waals surface area contributed by atoms with Crippen LogP contribution in [0.5, 0.6) is 11.6 Å². The van der Waals surface area contributed by atoms with E-state index >= 15 is 0 Å². The van der Waals surface area contributed by atoms with E-state index in [0.29, 0.717) is 49.4 Å². The van der Waals surface area contributed by atoms with Gasteiger partial charge in [0.1, 0.15) is 17.5 Å². The minimum atomic E-state index is -4.81. The molecule has 0 bridgehead atoms. The lowest BCUT2D eigenvalue weighted by Crippen LogP contribution is -2.51. The molecule has 206 valence electrons. The molecule has 2 heterocycles. The quantitative estimate of drug-likeness (QED) is 0.492. The average molecular weight is 545 g/mol. The summed E-state index contributed by atoms with van der Waals surface area (Å²) in [6.07, 6.45) is -3.01. The van der Waals surface area contributed by atoms with Gasteiger partial charge >= 0.3 is 6.36 Å². The van der Waals surface area contributed by atoms with Crippen LogP contribution >= 0.6 is 0 Å². The number of rotatable bonds is 8. The normalized spacial score (nSPS) is 18.4. The van der Waals surface area contributed by atoms with Crippen LogP contribution < -0.4 is 20.5 Å². The van der Waals surface area contributed by atoms with Crippen LogP contribution in [-0.4, -0.2) is 59.7 Å². The smallest absolute Gasteiger partial charge is 0.481 e. The summed E-state index contributed by atoms with van der Waals surface area (Å²) in [7, 11) is 1.47. The number of carbonyl (C=O) groups is 3. The molecule has 0 radical (unpaired) electrons. The van der Waals surface area contributed by atoms with Gasteiger partial charge in [-0.1, -0.05) is 24.1 Å². The van der Waals surface area contributed by atoms with Crippen molar-refractivity contribution >= 4 is 17.7 Å². The van der Waals surface area contributed by atoms with E-state index in [4.69, 9.17) is 10.5 Å². The van der Waals surface area contributed by atoms with Gasteiger partial charge in [0.15, 0.2) is 0 Å². The third-order valence-corrected chi connectivity index (χ3v) is 6.65. The van der Waals surface area contributed by atoms with Gasteiger partial charge in [-0.2, -0.15) is 0 Å². The first kappa shape index (κ1) is 27.8. The molecule has 2 aliphatic rings. The summed E-state index contributed by atoms with van der Waals surface area (Å²) in [6.45, 7) is 0.355. The molecule has 0 spiro atoms. The number of benzene rings is 1. The van der Waals surface area contributed by atoms with Gasteiger partial charge in [-0.05, 0) is 55.4 Å². The van der Waals surface area contributed by atoms with Crippen molar-refractivity contribution in [3.63, 3.8) is 0 Å². The number of primary amides is 1. The molecule has 1 aromatic carbocycles. The first-order chi connectivity index (χ1) is 18.5. The predicted molar refractivity (Wildman–Crippen MR) is 132 cm³/mol. The van der Waals surface area contributed by atoms with Crippen LogP contribution in [0, 0.1) is 11.8 Å². The zero-order valence-corrected chi connectivity index (χ0v) is 21.1. The lowest BCUT2D eigenvalue weighted by molar-refractivity contribution is -0.274. The fourth-order valence-corrected chi connectivity index (χ4v) is 4.65. The average Bonchev–Trinajstić information content (AvgIpc) is 3.54. The molecule has 9 nitrogen and oxygen atoms in total. The van der Waals surface area contributed by atoms with Gasteiger partial charge < -0.3 is 25.4 Å². The van der Waals surface area contributed by atoms with Gasteiger partial charge in [-0.15, -0.1) is 13.2 Å². The highest BCUT2D eigenvalue weighted by Gasteiger charge is 2.55. The SMILES string of the molecule is COc1cccc(C#C[C@H](CC(N)=O)NC(=O)[C@@H]2CCCN2C(=O)C2(c3ccc(OC(F)(F)F)cc3)CC2)n1. The van der Waals surface area contributed by atoms with Crippen LogP contribution in [0.1, 0.15) is 43.4 Å². The summed E-state index contributed by atoms with van der Waals surface area (Å²) in [5, 5.41) is 2.73. The Hall–Kier alpha value is -4.27. The van der Waals surface area contributed by atoms with E-state index < -0.39 is 35.7 Å². The highest BCUT2D eigenvalue weighted by molar-refractivity contribution is 5.96. The maximum Gasteiger partial charge on any atom is 0.573 e. The van der Waals surface area contributed by atoms with Crippen molar-refractivity contribution in [3.05, 3.63) is 53.7 Å². The minimum absolute atomic E-state index is 0.236. The number of nitrogens with two attached hydrogens (primary N) is 1. The predicted octanol–water partition coefficient (Wildman–Crippen LogP) is 2.42. The van der Waals surface area contributed by atoms with Crippen molar-refractivity contribution in [1.29, 1.82) is 0 Å². The third kappa shape index (κ3) is 6.79.